The summed E-state index contributed by atoms with van der Waals surface area (Å²) in [6.45, 7) is -1.47. The highest BCUT2D eigenvalue weighted by Crippen LogP contribution is 2.26. The number of H-pyrrole nitrogens is 2. The largest absolute Gasteiger partial charge is 0.487 e. The standard InChI is InChI=1S/C20H15F4N5O3/c21-17(22)20(23,24)10-32-15-7-5-14(6-8-15)29-16(9-25-18(29)30)12-1-3-13(4-2-12)28-11-26-27-19(28)31/h1-9,11,17H,10H2,(H,25,30)(H,27,31). The predicted octanol–water partition coefficient (Wildman–Crippen LogP) is 2.99. The number of benzene rings is 2. The number of rotatable bonds is 7. The van der Waals surface area contributed by atoms with Crippen LogP contribution in [0.5, 0.6) is 5.75 Å². The van der Waals surface area contributed by atoms with Crippen molar-refractivity contribution in [3.05, 3.63) is 82.0 Å². The second-order valence-corrected chi connectivity index (χ2v) is 6.74. The van der Waals surface area contributed by atoms with Crippen molar-refractivity contribution in [2.24, 2.45) is 0 Å². The van der Waals surface area contributed by atoms with Crippen LogP contribution >= 0.6 is 0 Å². The highest BCUT2D eigenvalue weighted by molar-refractivity contribution is 5.63. The summed E-state index contributed by atoms with van der Waals surface area (Å²) in [6, 6.07) is 12.2. The molecule has 12 heteroatoms. The Balaban J connectivity index is 1.59. The zero-order valence-corrected chi connectivity index (χ0v) is 16.1. The van der Waals surface area contributed by atoms with Crippen molar-refractivity contribution in [3.8, 4) is 28.4 Å². The number of alkyl halides is 4. The fourth-order valence-corrected chi connectivity index (χ4v) is 3.00. The second kappa shape index (κ2) is 8.21. The molecule has 2 aromatic heterocycles. The number of aromatic nitrogens is 5. The minimum Gasteiger partial charge on any atom is -0.487 e. The molecule has 0 radical (unpaired) electrons. The number of hydrogen-bond acceptors (Lipinski definition) is 4. The lowest BCUT2D eigenvalue weighted by atomic mass is 10.1. The molecular formula is C20H15F4N5O3. The Morgan fingerprint density at radius 2 is 1.62 bits per heavy atom. The molecule has 166 valence electrons. The highest BCUT2D eigenvalue weighted by atomic mass is 19.3. The van der Waals surface area contributed by atoms with E-state index < -0.39 is 30.3 Å². The van der Waals surface area contributed by atoms with Gasteiger partial charge in [-0.05, 0) is 36.4 Å². The Morgan fingerprint density at radius 1 is 0.969 bits per heavy atom. The number of halogens is 4. The average molecular weight is 449 g/mol. The van der Waals surface area contributed by atoms with Crippen molar-refractivity contribution < 1.29 is 22.3 Å². The Morgan fingerprint density at radius 3 is 2.22 bits per heavy atom. The van der Waals surface area contributed by atoms with Gasteiger partial charge in [0, 0.05) is 11.8 Å². The highest BCUT2D eigenvalue weighted by Gasteiger charge is 2.41. The van der Waals surface area contributed by atoms with Gasteiger partial charge in [-0.1, -0.05) is 12.1 Å². The van der Waals surface area contributed by atoms with Crippen molar-refractivity contribution in [3.63, 3.8) is 0 Å². The Kier molecular flexibility index (Phi) is 5.43. The maximum Gasteiger partial charge on any atom is 0.347 e. The number of nitrogens with zero attached hydrogens (tertiary/aromatic N) is 3. The molecular weight excluding hydrogens is 434 g/mol. The summed E-state index contributed by atoms with van der Waals surface area (Å²) in [7, 11) is 0. The lowest BCUT2D eigenvalue weighted by Crippen LogP contribution is -2.33. The van der Waals surface area contributed by atoms with E-state index in [1.807, 2.05) is 0 Å². The van der Waals surface area contributed by atoms with Gasteiger partial charge in [-0.25, -0.2) is 28.0 Å². The molecule has 4 aromatic rings. The van der Waals surface area contributed by atoms with E-state index in [0.717, 1.165) is 0 Å². The lowest BCUT2D eigenvalue weighted by molar-refractivity contribution is -0.148. The van der Waals surface area contributed by atoms with Gasteiger partial charge in [-0.2, -0.15) is 13.9 Å². The van der Waals surface area contributed by atoms with Gasteiger partial charge in [0.2, 0.25) is 0 Å². The van der Waals surface area contributed by atoms with Crippen molar-refractivity contribution in [2.75, 3.05) is 6.61 Å². The molecule has 0 spiro atoms. The van der Waals surface area contributed by atoms with Crippen LogP contribution in [0.25, 0.3) is 22.6 Å². The topological polar surface area (TPSA) is 97.7 Å². The summed E-state index contributed by atoms with van der Waals surface area (Å²) in [6.07, 6.45) is -0.999. The molecule has 0 aliphatic heterocycles. The molecule has 0 saturated carbocycles. The van der Waals surface area contributed by atoms with E-state index in [1.165, 1.54) is 45.9 Å². The molecule has 8 nitrogen and oxygen atoms in total. The summed E-state index contributed by atoms with van der Waals surface area (Å²) < 4.78 is 57.9. The van der Waals surface area contributed by atoms with Gasteiger partial charge in [-0.15, -0.1) is 0 Å². The number of imidazole rings is 1. The van der Waals surface area contributed by atoms with Gasteiger partial charge < -0.3 is 9.72 Å². The first-order valence-electron chi connectivity index (χ1n) is 9.19. The van der Waals surface area contributed by atoms with Gasteiger partial charge in [0.1, 0.15) is 12.1 Å². The van der Waals surface area contributed by atoms with Crippen LogP contribution in [0.15, 0.2) is 70.6 Å². The number of nitrogens with one attached hydrogen (secondary N) is 2. The molecule has 4 rings (SSSR count). The number of hydrogen-bond donors (Lipinski definition) is 2. The van der Waals surface area contributed by atoms with Crippen LogP contribution in [0, 0.1) is 0 Å². The van der Waals surface area contributed by atoms with Crippen LogP contribution in [0.4, 0.5) is 17.6 Å². The SMILES string of the molecule is O=c1[nH]ncn1-c1ccc(-c2c[nH]c(=O)n2-c2ccc(OCC(F)(F)C(F)F)cc2)cc1. The minimum atomic E-state index is -4.27. The quantitative estimate of drug-likeness (QED) is 0.424. The minimum absolute atomic E-state index is 0.0471. The molecule has 2 aromatic carbocycles. The molecule has 0 fully saturated rings. The zero-order valence-electron chi connectivity index (χ0n) is 16.1. The molecule has 32 heavy (non-hydrogen) atoms. The fraction of sp³-hybridized carbons (Fsp3) is 0.150. The number of ether oxygens (including phenoxy) is 1. The summed E-state index contributed by atoms with van der Waals surface area (Å²) in [5.41, 5.74) is 1.27. The number of aromatic amines is 2. The third-order valence-electron chi connectivity index (χ3n) is 4.62. The van der Waals surface area contributed by atoms with Crippen LogP contribution in [-0.2, 0) is 0 Å². The summed E-state index contributed by atoms with van der Waals surface area (Å²) >= 11 is 0. The van der Waals surface area contributed by atoms with E-state index in [4.69, 9.17) is 4.74 Å². The smallest absolute Gasteiger partial charge is 0.347 e. The van der Waals surface area contributed by atoms with E-state index in [9.17, 15) is 27.2 Å². The zero-order chi connectivity index (χ0) is 22.9. The van der Waals surface area contributed by atoms with Gasteiger partial charge in [0.25, 0.3) is 0 Å². The third kappa shape index (κ3) is 4.06. The van der Waals surface area contributed by atoms with Crippen molar-refractivity contribution in [1.29, 1.82) is 0 Å². The maximum atomic E-state index is 13.0. The van der Waals surface area contributed by atoms with Crippen molar-refractivity contribution in [1.82, 2.24) is 24.3 Å². The third-order valence-corrected chi connectivity index (χ3v) is 4.62. The monoisotopic (exact) mass is 449 g/mol. The van der Waals surface area contributed by atoms with Gasteiger partial charge in [0.15, 0.2) is 6.61 Å². The molecule has 0 aliphatic carbocycles. The van der Waals surface area contributed by atoms with Gasteiger partial charge >= 0.3 is 23.7 Å². The molecule has 0 bridgehead atoms. The van der Waals surface area contributed by atoms with E-state index in [0.29, 0.717) is 22.6 Å². The maximum absolute atomic E-state index is 13.0. The normalized spacial score (nSPS) is 11.8. The van der Waals surface area contributed by atoms with Crippen molar-refractivity contribution >= 4 is 0 Å². The van der Waals surface area contributed by atoms with Gasteiger partial charge in [-0.3, -0.25) is 4.57 Å². The summed E-state index contributed by atoms with van der Waals surface area (Å²) in [5, 5.41) is 5.96. The van der Waals surface area contributed by atoms with E-state index in [2.05, 4.69) is 15.2 Å². The van der Waals surface area contributed by atoms with E-state index in [1.54, 1.807) is 24.3 Å². The summed E-state index contributed by atoms with van der Waals surface area (Å²) in [4.78, 5) is 26.6. The molecule has 2 N–H and O–H groups in total. The van der Waals surface area contributed by atoms with Gasteiger partial charge in [0.05, 0.1) is 17.1 Å². The second-order valence-electron chi connectivity index (χ2n) is 6.74. The van der Waals surface area contributed by atoms with Crippen LogP contribution in [0.1, 0.15) is 0 Å². The van der Waals surface area contributed by atoms with Crippen LogP contribution in [0.2, 0.25) is 0 Å². The lowest BCUT2D eigenvalue weighted by Gasteiger charge is -2.16. The predicted molar refractivity (Wildman–Crippen MR) is 106 cm³/mol. The van der Waals surface area contributed by atoms with Crippen LogP contribution < -0.4 is 16.1 Å². The first kappa shape index (κ1) is 21.2. The first-order valence-corrected chi connectivity index (χ1v) is 9.19. The fourth-order valence-electron chi connectivity index (χ4n) is 3.00. The van der Waals surface area contributed by atoms with E-state index >= 15 is 0 Å². The summed E-state index contributed by atoms with van der Waals surface area (Å²) in [5.74, 6) is -4.31. The van der Waals surface area contributed by atoms with Crippen molar-refractivity contribution in [2.45, 2.75) is 12.3 Å². The van der Waals surface area contributed by atoms with Crippen LogP contribution in [-0.4, -0.2) is 43.3 Å². The molecule has 0 amide bonds. The first-order chi connectivity index (χ1) is 15.3. The molecule has 0 atom stereocenters. The average Bonchev–Trinajstić information content (AvgIpc) is 3.38. The Bertz CT molecular complexity index is 1320. The molecule has 0 aliphatic rings. The molecule has 0 unspecified atom stereocenters. The molecule has 0 saturated heterocycles. The van der Waals surface area contributed by atoms with Crippen LogP contribution in [0.3, 0.4) is 0 Å². The van der Waals surface area contributed by atoms with E-state index in [-0.39, 0.29) is 5.75 Å². The molecule has 2 heterocycles. The Hall–Kier alpha value is -4.09. The Labute approximate surface area is 176 Å².